The minimum atomic E-state index is -0.394. The van der Waals surface area contributed by atoms with Gasteiger partial charge in [0, 0.05) is 6.42 Å². The fourth-order valence-corrected chi connectivity index (χ4v) is 3.72. The van der Waals surface area contributed by atoms with Gasteiger partial charge in [0.25, 0.3) is 0 Å². The Bertz CT molecular complexity index is 319. The summed E-state index contributed by atoms with van der Waals surface area (Å²) in [6.45, 7) is 1.49. The van der Waals surface area contributed by atoms with Crippen LogP contribution in [0, 0.1) is 0 Å². The van der Waals surface area contributed by atoms with E-state index in [1.165, 1.54) is 109 Å². The van der Waals surface area contributed by atoms with Crippen LogP contribution in [0.2, 0.25) is 0 Å². The van der Waals surface area contributed by atoms with E-state index in [1.807, 2.05) is 0 Å². The number of aliphatic hydroxyl groups is 2. The summed E-state index contributed by atoms with van der Waals surface area (Å²) in [5.41, 5.74) is 0. The smallest absolute Gasteiger partial charge is 0.226 e. The molecule has 0 radical (unpaired) electrons. The number of hydrogen-bond acceptors (Lipinski definition) is 3. The summed E-state index contributed by atoms with van der Waals surface area (Å²) in [6.07, 6.45) is 25.9. The fraction of sp³-hybridized carbons (Fsp3) is 0.958. The monoisotopic (exact) mass is 399 g/mol. The zero-order chi connectivity index (χ0) is 20.7. The summed E-state index contributed by atoms with van der Waals surface area (Å²) >= 11 is 0. The van der Waals surface area contributed by atoms with E-state index in [-0.39, 0.29) is 5.91 Å². The first-order chi connectivity index (χ1) is 13.8. The third-order valence-corrected chi connectivity index (χ3v) is 5.69. The van der Waals surface area contributed by atoms with Crippen LogP contribution in [-0.4, -0.2) is 34.5 Å². The van der Waals surface area contributed by atoms with E-state index in [2.05, 4.69) is 6.92 Å². The second-order valence-electron chi connectivity index (χ2n) is 8.33. The van der Waals surface area contributed by atoms with Crippen molar-refractivity contribution >= 4 is 5.91 Å². The van der Waals surface area contributed by atoms with Crippen molar-refractivity contribution in [2.24, 2.45) is 0 Å². The maximum Gasteiger partial charge on any atom is 0.226 e. The largest absolute Gasteiger partial charge is 0.376 e. The van der Waals surface area contributed by atoms with E-state index in [1.54, 1.807) is 0 Å². The average molecular weight is 400 g/mol. The van der Waals surface area contributed by atoms with Crippen molar-refractivity contribution in [1.82, 2.24) is 4.90 Å². The zero-order valence-electron chi connectivity index (χ0n) is 18.8. The normalized spacial score (nSPS) is 11.1. The van der Waals surface area contributed by atoms with Gasteiger partial charge in [0.15, 0.2) is 0 Å². The Morgan fingerprint density at radius 3 is 1.11 bits per heavy atom. The van der Waals surface area contributed by atoms with Crippen LogP contribution in [0.25, 0.3) is 0 Å². The molecule has 0 spiro atoms. The van der Waals surface area contributed by atoms with Crippen LogP contribution in [0.5, 0.6) is 0 Å². The molecule has 168 valence electrons. The summed E-state index contributed by atoms with van der Waals surface area (Å²) in [4.78, 5) is 12.7. The SMILES string of the molecule is CCCCCCCCCCCCCCCCCCCCCC(=O)N(CO)CO. The molecule has 0 aromatic carbocycles. The minimum Gasteiger partial charge on any atom is -0.376 e. The van der Waals surface area contributed by atoms with Gasteiger partial charge in [0.2, 0.25) is 5.91 Å². The predicted octanol–water partition coefficient (Wildman–Crippen LogP) is 6.54. The van der Waals surface area contributed by atoms with Gasteiger partial charge in [-0.05, 0) is 6.42 Å². The number of rotatable bonds is 22. The molecular weight excluding hydrogens is 350 g/mol. The first-order valence-corrected chi connectivity index (χ1v) is 12.3. The molecule has 0 saturated carbocycles. The third-order valence-electron chi connectivity index (χ3n) is 5.69. The summed E-state index contributed by atoms with van der Waals surface area (Å²) in [7, 11) is 0. The lowest BCUT2D eigenvalue weighted by atomic mass is 10.0. The van der Waals surface area contributed by atoms with E-state index in [4.69, 9.17) is 10.2 Å². The molecule has 28 heavy (non-hydrogen) atoms. The molecule has 2 N–H and O–H groups in total. The molecule has 0 saturated heterocycles. The maximum atomic E-state index is 11.6. The highest BCUT2D eigenvalue weighted by molar-refractivity contribution is 5.75. The van der Waals surface area contributed by atoms with Crippen LogP contribution in [-0.2, 0) is 4.79 Å². The lowest BCUT2D eigenvalue weighted by molar-refractivity contribution is -0.139. The molecule has 0 aromatic rings. The molecular formula is C24H49NO3. The molecule has 0 fully saturated rings. The van der Waals surface area contributed by atoms with Crippen LogP contribution in [0.1, 0.15) is 135 Å². The number of nitrogens with zero attached hydrogens (tertiary/aromatic N) is 1. The van der Waals surface area contributed by atoms with E-state index in [0.717, 1.165) is 17.7 Å². The number of carbonyl (C=O) groups excluding carboxylic acids is 1. The fourth-order valence-electron chi connectivity index (χ4n) is 3.72. The van der Waals surface area contributed by atoms with Gasteiger partial charge in [-0.2, -0.15) is 0 Å². The highest BCUT2D eigenvalue weighted by atomic mass is 16.3. The summed E-state index contributed by atoms with van der Waals surface area (Å²) in [5.74, 6) is -0.156. The number of aliphatic hydroxyl groups excluding tert-OH is 2. The van der Waals surface area contributed by atoms with Crippen LogP contribution >= 0.6 is 0 Å². The molecule has 0 unspecified atom stereocenters. The van der Waals surface area contributed by atoms with Gasteiger partial charge in [-0.1, -0.05) is 122 Å². The van der Waals surface area contributed by atoms with E-state index < -0.39 is 13.5 Å². The van der Waals surface area contributed by atoms with Crippen molar-refractivity contribution in [3.05, 3.63) is 0 Å². The Hall–Kier alpha value is -0.610. The van der Waals surface area contributed by atoms with Crippen LogP contribution in [0.3, 0.4) is 0 Å². The molecule has 0 bridgehead atoms. The Morgan fingerprint density at radius 1 is 0.536 bits per heavy atom. The first-order valence-electron chi connectivity index (χ1n) is 12.3. The molecule has 0 aliphatic heterocycles. The van der Waals surface area contributed by atoms with Crippen LogP contribution in [0.4, 0.5) is 0 Å². The molecule has 0 aromatic heterocycles. The maximum absolute atomic E-state index is 11.6. The molecule has 0 aliphatic rings. The molecule has 4 nitrogen and oxygen atoms in total. The van der Waals surface area contributed by atoms with Crippen molar-refractivity contribution < 1.29 is 15.0 Å². The van der Waals surface area contributed by atoms with Crippen LogP contribution < -0.4 is 0 Å². The summed E-state index contributed by atoms with van der Waals surface area (Å²) in [6, 6.07) is 0. The quantitative estimate of drug-likeness (QED) is 0.160. The Balaban J connectivity index is 3.13. The van der Waals surface area contributed by atoms with Gasteiger partial charge in [-0.15, -0.1) is 0 Å². The van der Waals surface area contributed by atoms with Crippen molar-refractivity contribution in [2.75, 3.05) is 13.5 Å². The lowest BCUT2D eigenvalue weighted by Gasteiger charge is -2.16. The number of amides is 1. The second-order valence-corrected chi connectivity index (χ2v) is 8.33. The molecule has 0 heterocycles. The molecule has 1 amide bonds. The molecule has 0 atom stereocenters. The third kappa shape index (κ3) is 18.7. The lowest BCUT2D eigenvalue weighted by Crippen LogP contribution is -2.32. The van der Waals surface area contributed by atoms with E-state index >= 15 is 0 Å². The highest BCUT2D eigenvalue weighted by Crippen LogP contribution is 2.15. The molecule has 0 aliphatic carbocycles. The minimum absolute atomic E-state index is 0.156. The van der Waals surface area contributed by atoms with Crippen molar-refractivity contribution in [2.45, 2.75) is 135 Å². The number of carbonyl (C=O) groups is 1. The Morgan fingerprint density at radius 2 is 0.821 bits per heavy atom. The zero-order valence-corrected chi connectivity index (χ0v) is 18.8. The van der Waals surface area contributed by atoms with Crippen LogP contribution in [0.15, 0.2) is 0 Å². The van der Waals surface area contributed by atoms with Crippen molar-refractivity contribution in [3.63, 3.8) is 0 Å². The van der Waals surface area contributed by atoms with Gasteiger partial charge in [-0.3, -0.25) is 9.69 Å². The van der Waals surface area contributed by atoms with Gasteiger partial charge in [0.1, 0.15) is 13.5 Å². The predicted molar refractivity (Wildman–Crippen MR) is 119 cm³/mol. The standard InChI is InChI=1S/C24H49NO3/c1-2-3-4-5-6-7-8-9-10-11-12-13-14-15-16-17-18-19-20-21-24(28)25(22-26)23-27/h26-27H,2-23H2,1H3. The van der Waals surface area contributed by atoms with E-state index in [0.29, 0.717) is 6.42 Å². The summed E-state index contributed by atoms with van der Waals surface area (Å²) < 4.78 is 0. The molecule has 4 heteroatoms. The number of hydrogen-bond donors (Lipinski definition) is 2. The van der Waals surface area contributed by atoms with Gasteiger partial charge >= 0.3 is 0 Å². The average Bonchev–Trinajstić information content (AvgIpc) is 2.70. The van der Waals surface area contributed by atoms with Gasteiger partial charge in [0.05, 0.1) is 0 Å². The molecule has 0 rings (SSSR count). The van der Waals surface area contributed by atoms with Gasteiger partial charge < -0.3 is 10.2 Å². The summed E-state index contributed by atoms with van der Waals surface area (Å²) in [5, 5.41) is 17.8. The first kappa shape index (κ1) is 27.4. The Labute approximate surface area is 175 Å². The van der Waals surface area contributed by atoms with E-state index in [9.17, 15) is 4.79 Å². The highest BCUT2D eigenvalue weighted by Gasteiger charge is 2.09. The topological polar surface area (TPSA) is 60.8 Å². The second kappa shape index (κ2) is 22.7. The van der Waals surface area contributed by atoms with Gasteiger partial charge in [-0.25, -0.2) is 0 Å². The number of unbranched alkanes of at least 4 members (excludes halogenated alkanes) is 18. The van der Waals surface area contributed by atoms with Crippen molar-refractivity contribution in [3.8, 4) is 0 Å². The van der Waals surface area contributed by atoms with Crippen molar-refractivity contribution in [1.29, 1.82) is 0 Å². The Kier molecular flexibility index (Phi) is 22.2.